The molecule has 9 aromatic rings. The van der Waals surface area contributed by atoms with E-state index in [1.54, 1.807) is 0 Å². The van der Waals surface area contributed by atoms with Gasteiger partial charge >= 0.3 is 0 Å². The molecule has 0 saturated carbocycles. The Balaban J connectivity index is 1.27. The summed E-state index contributed by atoms with van der Waals surface area (Å²) >= 11 is 1.87. The van der Waals surface area contributed by atoms with Gasteiger partial charge in [-0.25, -0.2) is 0 Å². The van der Waals surface area contributed by atoms with Crippen LogP contribution in [-0.4, -0.2) is 0 Å². The zero-order chi connectivity index (χ0) is 34.1. The second kappa shape index (κ2) is 11.6. The predicted molar refractivity (Wildman–Crippen MR) is 220 cm³/mol. The van der Waals surface area contributed by atoms with E-state index < -0.39 is 0 Å². The van der Waals surface area contributed by atoms with Crippen molar-refractivity contribution in [2.75, 3.05) is 4.90 Å². The van der Waals surface area contributed by atoms with Crippen LogP contribution in [0.2, 0.25) is 0 Å². The van der Waals surface area contributed by atoms with Crippen molar-refractivity contribution in [3.8, 4) is 33.4 Å². The van der Waals surface area contributed by atoms with Gasteiger partial charge in [-0.3, -0.25) is 0 Å². The molecule has 1 aromatic heterocycles. The lowest BCUT2D eigenvalue weighted by atomic mass is 9.82. The van der Waals surface area contributed by atoms with Gasteiger partial charge < -0.3 is 4.90 Å². The summed E-state index contributed by atoms with van der Waals surface area (Å²) in [7, 11) is 0. The van der Waals surface area contributed by atoms with E-state index in [1.165, 1.54) is 75.5 Å². The molecule has 10 rings (SSSR count). The first kappa shape index (κ1) is 29.9. The molecule has 242 valence electrons. The standard InChI is InChI=1S/C49H35NS/c1-49(2)44-21-10-8-18-40(44)41-27-24-36(31-45(41)49)50(35-25-28-48-43(30-35)42-19-9-11-22-47(42)51-48)46-29-34(23-26-39(46)33-13-4-3-5-14-33)38-20-12-16-32-15-6-7-17-37(32)38/h3-31H,1-2H3. The molecule has 1 nitrogen and oxygen atoms in total. The summed E-state index contributed by atoms with van der Waals surface area (Å²) in [5.74, 6) is 0. The van der Waals surface area contributed by atoms with Crippen LogP contribution in [0.25, 0.3) is 64.3 Å². The number of rotatable bonds is 5. The van der Waals surface area contributed by atoms with Crippen molar-refractivity contribution in [2.45, 2.75) is 19.3 Å². The largest absolute Gasteiger partial charge is 0.310 e. The van der Waals surface area contributed by atoms with Gasteiger partial charge in [0.25, 0.3) is 0 Å². The van der Waals surface area contributed by atoms with Crippen molar-refractivity contribution in [1.29, 1.82) is 0 Å². The molecular formula is C49H35NS. The second-order valence-electron chi connectivity index (χ2n) is 14.1. The average Bonchev–Trinajstić information content (AvgIpc) is 3.66. The van der Waals surface area contributed by atoms with E-state index >= 15 is 0 Å². The highest BCUT2D eigenvalue weighted by atomic mass is 32.1. The molecule has 8 aromatic carbocycles. The fraction of sp³-hybridized carbons (Fsp3) is 0.0612. The Kier molecular flexibility index (Phi) is 6.78. The minimum atomic E-state index is -0.117. The second-order valence-corrected chi connectivity index (χ2v) is 15.2. The number of hydrogen-bond acceptors (Lipinski definition) is 2. The van der Waals surface area contributed by atoms with Crippen LogP contribution in [0, 0.1) is 0 Å². The van der Waals surface area contributed by atoms with Gasteiger partial charge in [-0.05, 0) is 92.2 Å². The highest BCUT2D eigenvalue weighted by Crippen LogP contribution is 2.52. The molecule has 0 saturated heterocycles. The number of nitrogens with zero attached hydrogens (tertiary/aromatic N) is 1. The lowest BCUT2D eigenvalue weighted by Crippen LogP contribution is -2.17. The topological polar surface area (TPSA) is 3.24 Å². The molecule has 1 aliphatic carbocycles. The van der Waals surface area contributed by atoms with Gasteiger partial charge in [-0.2, -0.15) is 0 Å². The maximum atomic E-state index is 2.50. The monoisotopic (exact) mass is 669 g/mol. The van der Waals surface area contributed by atoms with E-state index in [0.29, 0.717) is 0 Å². The van der Waals surface area contributed by atoms with Crippen LogP contribution >= 0.6 is 11.3 Å². The van der Waals surface area contributed by atoms with Gasteiger partial charge in [0.15, 0.2) is 0 Å². The summed E-state index contributed by atoms with van der Waals surface area (Å²) < 4.78 is 2.62. The zero-order valence-corrected chi connectivity index (χ0v) is 29.4. The van der Waals surface area contributed by atoms with Crippen LogP contribution in [-0.2, 0) is 5.41 Å². The third-order valence-electron chi connectivity index (χ3n) is 10.9. The number of hydrogen-bond donors (Lipinski definition) is 0. The van der Waals surface area contributed by atoms with Crippen LogP contribution in [0.5, 0.6) is 0 Å². The first-order valence-electron chi connectivity index (χ1n) is 17.7. The van der Waals surface area contributed by atoms with Crippen molar-refractivity contribution in [1.82, 2.24) is 0 Å². The highest BCUT2D eigenvalue weighted by molar-refractivity contribution is 7.25. The lowest BCUT2D eigenvalue weighted by molar-refractivity contribution is 0.660. The van der Waals surface area contributed by atoms with Gasteiger partial charge in [-0.1, -0.05) is 147 Å². The molecule has 2 heteroatoms. The number of anilines is 3. The lowest BCUT2D eigenvalue weighted by Gasteiger charge is -2.30. The molecule has 1 aliphatic rings. The van der Waals surface area contributed by atoms with Gasteiger partial charge in [0.05, 0.1) is 5.69 Å². The van der Waals surface area contributed by atoms with Crippen molar-refractivity contribution < 1.29 is 0 Å². The Morgan fingerprint density at radius 3 is 1.96 bits per heavy atom. The Morgan fingerprint density at radius 2 is 1.06 bits per heavy atom. The molecule has 0 atom stereocenters. The quantitative estimate of drug-likeness (QED) is 0.176. The molecular weight excluding hydrogens is 635 g/mol. The average molecular weight is 670 g/mol. The third kappa shape index (κ3) is 4.75. The van der Waals surface area contributed by atoms with Crippen molar-refractivity contribution in [3.63, 3.8) is 0 Å². The van der Waals surface area contributed by atoms with Gasteiger partial charge in [-0.15, -0.1) is 11.3 Å². The SMILES string of the molecule is CC1(C)c2ccccc2-c2ccc(N(c3ccc4sc5ccccc5c4c3)c3cc(-c4cccc5ccccc45)ccc3-c3ccccc3)cc21. The maximum absolute atomic E-state index is 2.50. The molecule has 51 heavy (non-hydrogen) atoms. The molecule has 0 fully saturated rings. The van der Waals surface area contributed by atoms with Crippen LogP contribution in [0.1, 0.15) is 25.0 Å². The number of thiophene rings is 1. The van der Waals surface area contributed by atoms with Crippen LogP contribution in [0.4, 0.5) is 17.1 Å². The Labute approximate surface area is 302 Å². The third-order valence-corrected chi connectivity index (χ3v) is 12.0. The van der Waals surface area contributed by atoms with E-state index in [-0.39, 0.29) is 5.41 Å². The molecule has 0 amide bonds. The number of benzene rings is 8. The zero-order valence-electron chi connectivity index (χ0n) is 28.6. The fourth-order valence-corrected chi connectivity index (χ4v) is 9.42. The number of fused-ring (bicyclic) bond motifs is 7. The van der Waals surface area contributed by atoms with Crippen molar-refractivity contribution >= 4 is 59.3 Å². The van der Waals surface area contributed by atoms with E-state index in [9.17, 15) is 0 Å². The summed E-state index contributed by atoms with van der Waals surface area (Å²) in [5.41, 5.74) is 13.6. The van der Waals surface area contributed by atoms with E-state index in [0.717, 1.165) is 17.1 Å². The predicted octanol–water partition coefficient (Wildman–Crippen LogP) is 14.3. The Hall–Kier alpha value is -5.96. The summed E-state index contributed by atoms with van der Waals surface area (Å²) in [5, 5.41) is 5.10. The maximum Gasteiger partial charge on any atom is 0.0546 e. The Bertz CT molecular complexity index is 2780. The van der Waals surface area contributed by atoms with E-state index in [4.69, 9.17) is 0 Å². The summed E-state index contributed by atoms with van der Waals surface area (Å²) in [4.78, 5) is 2.50. The van der Waals surface area contributed by atoms with Gasteiger partial charge in [0, 0.05) is 42.5 Å². The minimum Gasteiger partial charge on any atom is -0.310 e. The summed E-state index contributed by atoms with van der Waals surface area (Å²) in [6.45, 7) is 4.73. The molecule has 0 N–H and O–H groups in total. The van der Waals surface area contributed by atoms with Crippen LogP contribution < -0.4 is 4.90 Å². The van der Waals surface area contributed by atoms with E-state index in [1.807, 2.05) is 11.3 Å². The highest BCUT2D eigenvalue weighted by Gasteiger charge is 2.36. The Morgan fingerprint density at radius 1 is 0.412 bits per heavy atom. The van der Waals surface area contributed by atoms with Crippen molar-refractivity contribution in [2.24, 2.45) is 0 Å². The van der Waals surface area contributed by atoms with Gasteiger partial charge in [0.1, 0.15) is 0 Å². The normalized spacial score (nSPS) is 13.1. The van der Waals surface area contributed by atoms with Crippen molar-refractivity contribution in [3.05, 3.63) is 187 Å². The molecule has 1 heterocycles. The first-order chi connectivity index (χ1) is 25.0. The first-order valence-corrected chi connectivity index (χ1v) is 18.5. The molecule has 0 radical (unpaired) electrons. The molecule has 0 spiro atoms. The summed E-state index contributed by atoms with van der Waals surface area (Å²) in [6, 6.07) is 65.0. The summed E-state index contributed by atoms with van der Waals surface area (Å²) in [6.07, 6.45) is 0. The smallest absolute Gasteiger partial charge is 0.0546 e. The van der Waals surface area contributed by atoms with E-state index in [2.05, 4.69) is 195 Å². The van der Waals surface area contributed by atoms with Crippen LogP contribution in [0.15, 0.2) is 176 Å². The van der Waals surface area contributed by atoms with Gasteiger partial charge in [0.2, 0.25) is 0 Å². The fourth-order valence-electron chi connectivity index (χ4n) is 8.33. The molecule has 0 aliphatic heterocycles. The minimum absolute atomic E-state index is 0.117. The molecule has 0 bridgehead atoms. The van der Waals surface area contributed by atoms with Crippen LogP contribution in [0.3, 0.4) is 0 Å². The molecule has 0 unspecified atom stereocenters.